The fourth-order valence-corrected chi connectivity index (χ4v) is 1.64. The summed E-state index contributed by atoms with van der Waals surface area (Å²) in [6.45, 7) is 7.42. The van der Waals surface area contributed by atoms with Crippen molar-refractivity contribution in [3.8, 4) is 0 Å². The van der Waals surface area contributed by atoms with Gasteiger partial charge in [-0.05, 0) is 27.2 Å². The summed E-state index contributed by atoms with van der Waals surface area (Å²) >= 11 is 5.53. The third kappa shape index (κ3) is 8.34. The number of hydrogen-bond donors (Lipinski definition) is 1. The lowest BCUT2D eigenvalue weighted by Crippen LogP contribution is -2.44. The molecule has 0 aromatic carbocycles. The lowest BCUT2D eigenvalue weighted by atomic mass is 10.1. The van der Waals surface area contributed by atoms with E-state index < -0.39 is 17.7 Å². The number of ether oxygens (including phenoxy) is 1. The molecule has 0 aliphatic heterocycles. The van der Waals surface area contributed by atoms with E-state index in [0.717, 1.165) is 19.3 Å². The Kier molecular flexibility index (Phi) is 8.00. The largest absolute Gasteiger partial charge is 0.444 e. The van der Waals surface area contributed by atoms with Crippen molar-refractivity contribution >= 4 is 23.5 Å². The van der Waals surface area contributed by atoms with Gasteiger partial charge in [-0.2, -0.15) is 0 Å². The molecule has 18 heavy (non-hydrogen) atoms. The summed E-state index contributed by atoms with van der Waals surface area (Å²) in [5.74, 6) is -0.259. The van der Waals surface area contributed by atoms with E-state index in [-0.39, 0.29) is 11.7 Å². The second kappa shape index (κ2) is 8.35. The molecule has 5 heteroatoms. The summed E-state index contributed by atoms with van der Waals surface area (Å²) < 4.78 is 5.12. The number of alkyl carbamates (subject to hydrolysis) is 1. The standard InChI is InChI=1S/C13H24ClNO3/c1-5-6-7-8-10(11(16)9-14)15-12(17)18-13(2,3)4/h10H,5-9H2,1-4H3,(H,15,17)/t10-/m0/s1. The van der Waals surface area contributed by atoms with Crippen LogP contribution in [0, 0.1) is 0 Å². The smallest absolute Gasteiger partial charge is 0.408 e. The molecule has 1 N–H and O–H groups in total. The summed E-state index contributed by atoms with van der Waals surface area (Å²) in [6, 6.07) is -0.538. The minimum absolute atomic E-state index is 0.0907. The molecule has 0 aromatic heterocycles. The molecule has 0 aliphatic rings. The Bertz CT molecular complexity index is 274. The Morgan fingerprint density at radius 1 is 1.28 bits per heavy atom. The fraction of sp³-hybridized carbons (Fsp3) is 0.846. The normalized spacial score (nSPS) is 12.9. The molecule has 106 valence electrons. The highest BCUT2D eigenvalue weighted by Gasteiger charge is 2.23. The summed E-state index contributed by atoms with van der Waals surface area (Å²) in [6.07, 6.45) is 3.02. The molecule has 0 aliphatic carbocycles. The monoisotopic (exact) mass is 277 g/mol. The second-order valence-electron chi connectivity index (χ2n) is 5.29. The van der Waals surface area contributed by atoms with Crippen molar-refractivity contribution in [2.24, 2.45) is 0 Å². The molecule has 1 amide bonds. The number of alkyl halides is 1. The average molecular weight is 278 g/mol. The molecule has 0 saturated carbocycles. The zero-order valence-electron chi connectivity index (χ0n) is 11.7. The van der Waals surface area contributed by atoms with Crippen molar-refractivity contribution in [3.05, 3.63) is 0 Å². The number of hydrogen-bond acceptors (Lipinski definition) is 3. The minimum Gasteiger partial charge on any atom is -0.444 e. The van der Waals surface area contributed by atoms with Crippen molar-refractivity contribution in [1.29, 1.82) is 0 Å². The van der Waals surface area contributed by atoms with Crippen molar-refractivity contribution in [2.45, 2.75) is 65.0 Å². The number of unbranched alkanes of at least 4 members (excludes halogenated alkanes) is 2. The van der Waals surface area contributed by atoms with Crippen LogP contribution in [0.5, 0.6) is 0 Å². The number of nitrogens with one attached hydrogen (secondary N) is 1. The van der Waals surface area contributed by atoms with Crippen molar-refractivity contribution < 1.29 is 14.3 Å². The van der Waals surface area contributed by atoms with Crippen LogP contribution in [0.25, 0.3) is 0 Å². The van der Waals surface area contributed by atoms with Gasteiger partial charge in [-0.25, -0.2) is 4.79 Å². The molecule has 4 nitrogen and oxygen atoms in total. The molecular formula is C13H24ClNO3. The Labute approximate surface area is 114 Å². The predicted molar refractivity (Wildman–Crippen MR) is 73.0 cm³/mol. The van der Waals surface area contributed by atoms with Crippen LogP contribution in [0.15, 0.2) is 0 Å². The highest BCUT2D eigenvalue weighted by molar-refractivity contribution is 6.28. The Morgan fingerprint density at radius 3 is 2.33 bits per heavy atom. The molecular weight excluding hydrogens is 254 g/mol. The third-order valence-corrected chi connectivity index (χ3v) is 2.57. The molecule has 0 unspecified atom stereocenters. The molecule has 0 saturated heterocycles. The van der Waals surface area contributed by atoms with E-state index in [4.69, 9.17) is 16.3 Å². The first-order valence-electron chi connectivity index (χ1n) is 6.38. The highest BCUT2D eigenvalue weighted by atomic mass is 35.5. The van der Waals surface area contributed by atoms with Crippen LogP contribution in [-0.4, -0.2) is 29.4 Å². The number of rotatable bonds is 7. The van der Waals surface area contributed by atoms with Gasteiger partial charge in [-0.1, -0.05) is 26.2 Å². The van der Waals surface area contributed by atoms with Crippen LogP contribution in [-0.2, 0) is 9.53 Å². The summed E-state index contributed by atoms with van der Waals surface area (Å²) in [4.78, 5) is 23.2. The van der Waals surface area contributed by atoms with Gasteiger partial charge >= 0.3 is 6.09 Å². The third-order valence-electron chi connectivity index (χ3n) is 2.31. The van der Waals surface area contributed by atoms with Crippen molar-refractivity contribution in [1.82, 2.24) is 5.32 Å². The lowest BCUT2D eigenvalue weighted by Gasteiger charge is -2.22. The molecule has 0 bridgehead atoms. The Balaban J connectivity index is 4.31. The van der Waals surface area contributed by atoms with E-state index >= 15 is 0 Å². The summed E-state index contributed by atoms with van der Waals surface area (Å²) in [7, 11) is 0. The number of carbonyl (C=O) groups excluding carboxylic acids is 2. The molecule has 0 heterocycles. The average Bonchev–Trinajstić information content (AvgIpc) is 2.24. The SMILES string of the molecule is CCCCC[C@H](NC(=O)OC(C)(C)C)C(=O)CCl. The first-order chi connectivity index (χ1) is 8.30. The van der Waals surface area contributed by atoms with Crippen molar-refractivity contribution in [3.63, 3.8) is 0 Å². The molecule has 0 spiro atoms. The van der Waals surface area contributed by atoms with E-state index in [0.29, 0.717) is 6.42 Å². The van der Waals surface area contributed by atoms with Gasteiger partial charge in [0.2, 0.25) is 0 Å². The van der Waals surface area contributed by atoms with Crippen LogP contribution >= 0.6 is 11.6 Å². The number of amides is 1. The molecule has 0 radical (unpaired) electrons. The first kappa shape index (κ1) is 17.2. The van der Waals surface area contributed by atoms with E-state index in [9.17, 15) is 9.59 Å². The first-order valence-corrected chi connectivity index (χ1v) is 6.91. The van der Waals surface area contributed by atoms with E-state index in [1.54, 1.807) is 20.8 Å². The maximum Gasteiger partial charge on any atom is 0.408 e. The van der Waals surface area contributed by atoms with Gasteiger partial charge in [0.25, 0.3) is 0 Å². The van der Waals surface area contributed by atoms with Crippen LogP contribution in [0.3, 0.4) is 0 Å². The van der Waals surface area contributed by atoms with Crippen LogP contribution in [0.4, 0.5) is 4.79 Å². The zero-order chi connectivity index (χ0) is 14.2. The summed E-state index contributed by atoms with van der Waals surface area (Å²) in [5.41, 5.74) is -0.567. The highest BCUT2D eigenvalue weighted by Crippen LogP contribution is 2.09. The van der Waals surface area contributed by atoms with E-state index in [2.05, 4.69) is 12.2 Å². The lowest BCUT2D eigenvalue weighted by molar-refractivity contribution is -0.118. The van der Waals surface area contributed by atoms with Gasteiger partial charge in [0.15, 0.2) is 5.78 Å². The predicted octanol–water partition coefficient (Wildman–Crippen LogP) is 3.27. The second-order valence-corrected chi connectivity index (χ2v) is 5.56. The van der Waals surface area contributed by atoms with E-state index in [1.807, 2.05) is 0 Å². The Morgan fingerprint density at radius 2 is 1.89 bits per heavy atom. The van der Waals surface area contributed by atoms with Gasteiger partial charge in [0.05, 0.1) is 11.9 Å². The maximum absolute atomic E-state index is 11.6. The number of ketones is 1. The molecule has 0 fully saturated rings. The topological polar surface area (TPSA) is 55.4 Å². The van der Waals surface area contributed by atoms with Crippen LogP contribution < -0.4 is 5.32 Å². The molecule has 0 aromatic rings. The van der Waals surface area contributed by atoms with Gasteiger partial charge in [-0.15, -0.1) is 11.6 Å². The number of Topliss-reactive ketones (excluding diaryl/α,β-unsaturated/α-hetero) is 1. The number of carbonyl (C=O) groups is 2. The summed E-state index contributed by atoms with van der Waals surface area (Å²) in [5, 5.41) is 2.59. The number of halogens is 1. The quantitative estimate of drug-likeness (QED) is 0.574. The van der Waals surface area contributed by atoms with Gasteiger partial charge in [0.1, 0.15) is 5.60 Å². The Hall–Kier alpha value is -0.770. The van der Waals surface area contributed by atoms with E-state index in [1.165, 1.54) is 0 Å². The van der Waals surface area contributed by atoms with Crippen LogP contribution in [0.1, 0.15) is 53.4 Å². The zero-order valence-corrected chi connectivity index (χ0v) is 12.5. The van der Waals surface area contributed by atoms with Gasteiger partial charge in [0, 0.05) is 0 Å². The van der Waals surface area contributed by atoms with Crippen molar-refractivity contribution in [2.75, 3.05) is 5.88 Å². The maximum atomic E-state index is 11.6. The fourth-order valence-electron chi connectivity index (χ4n) is 1.46. The van der Waals surface area contributed by atoms with Gasteiger partial charge in [-0.3, -0.25) is 4.79 Å². The van der Waals surface area contributed by atoms with Gasteiger partial charge < -0.3 is 10.1 Å². The molecule has 1 atom stereocenters. The molecule has 0 rings (SSSR count). The van der Waals surface area contributed by atoms with Crippen LogP contribution in [0.2, 0.25) is 0 Å². The minimum atomic E-state index is -0.567.